The lowest BCUT2D eigenvalue weighted by Gasteiger charge is -2.03. The van der Waals surface area contributed by atoms with Gasteiger partial charge in [-0.1, -0.05) is 29.8 Å². The van der Waals surface area contributed by atoms with Crippen LogP contribution in [-0.2, 0) is 11.3 Å². The smallest absolute Gasteiger partial charge is 0.245 e. The first kappa shape index (κ1) is 9.74. The van der Waals surface area contributed by atoms with Crippen LogP contribution in [0, 0.1) is 6.92 Å². The van der Waals surface area contributed by atoms with Crippen molar-refractivity contribution < 1.29 is 9.90 Å². The highest BCUT2D eigenvalue weighted by Crippen LogP contribution is 2.02. The second kappa shape index (κ2) is 4.62. The van der Waals surface area contributed by atoms with Crippen LogP contribution < -0.4 is 5.32 Å². The van der Waals surface area contributed by atoms with Gasteiger partial charge >= 0.3 is 0 Å². The Bertz CT molecular complexity index is 297. The first-order valence-corrected chi connectivity index (χ1v) is 4.15. The zero-order valence-corrected chi connectivity index (χ0v) is 7.58. The fraction of sp³-hybridized carbons (Fsp3) is 0.300. The minimum atomic E-state index is -0.453. The summed E-state index contributed by atoms with van der Waals surface area (Å²) in [5, 5.41) is 11.0. The van der Waals surface area contributed by atoms with Gasteiger partial charge in [-0.05, 0) is 12.5 Å². The molecule has 0 heterocycles. The molecule has 0 radical (unpaired) electrons. The molecule has 0 fully saturated rings. The van der Waals surface area contributed by atoms with E-state index in [1.54, 1.807) is 0 Å². The summed E-state index contributed by atoms with van der Waals surface area (Å²) in [7, 11) is 0. The van der Waals surface area contributed by atoms with E-state index >= 15 is 0 Å². The molecule has 1 amide bonds. The molecule has 0 saturated carbocycles. The van der Waals surface area contributed by atoms with E-state index in [0.717, 1.165) is 11.1 Å². The Morgan fingerprint density at radius 2 is 2.31 bits per heavy atom. The maximum absolute atomic E-state index is 10.7. The van der Waals surface area contributed by atoms with Gasteiger partial charge in [-0.3, -0.25) is 4.79 Å². The Labute approximate surface area is 77.4 Å². The van der Waals surface area contributed by atoms with Crippen molar-refractivity contribution in [3.05, 3.63) is 35.4 Å². The molecule has 0 aliphatic rings. The lowest BCUT2D eigenvalue weighted by Crippen LogP contribution is -2.25. The number of aliphatic hydroxyl groups excluding tert-OH is 1. The number of rotatable bonds is 3. The Morgan fingerprint density at radius 3 is 2.92 bits per heavy atom. The number of carbonyl (C=O) groups excluding carboxylic acids is 1. The lowest BCUT2D eigenvalue weighted by atomic mass is 10.1. The number of nitrogens with one attached hydrogen (secondary N) is 1. The normalized spacial score (nSPS) is 9.69. The van der Waals surface area contributed by atoms with Crippen LogP contribution >= 0.6 is 0 Å². The van der Waals surface area contributed by atoms with Crippen molar-refractivity contribution in [3.8, 4) is 0 Å². The second-order valence-corrected chi connectivity index (χ2v) is 2.92. The molecule has 1 aromatic rings. The van der Waals surface area contributed by atoms with Gasteiger partial charge in [0.15, 0.2) is 0 Å². The first-order chi connectivity index (χ1) is 6.22. The van der Waals surface area contributed by atoms with Gasteiger partial charge in [0.1, 0.15) is 6.61 Å². The van der Waals surface area contributed by atoms with Gasteiger partial charge < -0.3 is 10.4 Å². The number of benzene rings is 1. The molecule has 1 rings (SSSR count). The summed E-state index contributed by atoms with van der Waals surface area (Å²) in [6.07, 6.45) is 0. The molecule has 0 unspecified atom stereocenters. The fourth-order valence-corrected chi connectivity index (χ4v) is 1.08. The van der Waals surface area contributed by atoms with Crippen molar-refractivity contribution >= 4 is 5.91 Å². The molecule has 70 valence electrons. The lowest BCUT2D eigenvalue weighted by molar-refractivity contribution is -0.123. The summed E-state index contributed by atoms with van der Waals surface area (Å²) in [6.45, 7) is 2.02. The van der Waals surface area contributed by atoms with E-state index in [1.807, 2.05) is 31.2 Å². The third kappa shape index (κ3) is 3.25. The summed E-state index contributed by atoms with van der Waals surface area (Å²) in [5.41, 5.74) is 2.21. The molecule has 13 heavy (non-hydrogen) atoms. The topological polar surface area (TPSA) is 49.3 Å². The minimum absolute atomic E-state index is 0.346. The molecule has 3 heteroatoms. The second-order valence-electron chi connectivity index (χ2n) is 2.92. The highest BCUT2D eigenvalue weighted by atomic mass is 16.3. The Morgan fingerprint density at radius 1 is 1.54 bits per heavy atom. The largest absolute Gasteiger partial charge is 0.387 e. The van der Waals surface area contributed by atoms with Gasteiger partial charge in [0, 0.05) is 6.54 Å². The number of aryl methyl sites for hydroxylation is 1. The van der Waals surface area contributed by atoms with E-state index in [-0.39, 0.29) is 5.91 Å². The van der Waals surface area contributed by atoms with Crippen molar-refractivity contribution in [2.24, 2.45) is 0 Å². The van der Waals surface area contributed by atoms with Crippen molar-refractivity contribution in [1.82, 2.24) is 5.32 Å². The van der Waals surface area contributed by atoms with Crippen molar-refractivity contribution in [3.63, 3.8) is 0 Å². The molecule has 0 aliphatic carbocycles. The zero-order valence-electron chi connectivity index (χ0n) is 7.58. The third-order valence-electron chi connectivity index (χ3n) is 1.72. The number of carbonyl (C=O) groups is 1. The van der Waals surface area contributed by atoms with Crippen LogP contribution in [0.15, 0.2) is 24.3 Å². The van der Waals surface area contributed by atoms with Gasteiger partial charge in [0.05, 0.1) is 0 Å². The molecule has 2 N–H and O–H groups in total. The Balaban J connectivity index is 2.50. The zero-order chi connectivity index (χ0) is 9.68. The number of amides is 1. The highest BCUT2D eigenvalue weighted by Gasteiger charge is 1.97. The van der Waals surface area contributed by atoms with E-state index in [1.165, 1.54) is 0 Å². The number of hydrogen-bond acceptors (Lipinski definition) is 2. The average molecular weight is 179 g/mol. The predicted octanol–water partition coefficient (Wildman–Crippen LogP) is 0.604. The molecule has 1 aromatic carbocycles. The quantitative estimate of drug-likeness (QED) is 0.714. The summed E-state index contributed by atoms with van der Waals surface area (Å²) in [4.78, 5) is 10.7. The highest BCUT2D eigenvalue weighted by molar-refractivity contribution is 5.76. The minimum Gasteiger partial charge on any atom is -0.387 e. The van der Waals surface area contributed by atoms with E-state index < -0.39 is 6.61 Å². The molecule has 3 nitrogen and oxygen atoms in total. The molecule has 0 atom stereocenters. The predicted molar refractivity (Wildman–Crippen MR) is 50.1 cm³/mol. The van der Waals surface area contributed by atoms with Crippen LogP contribution in [0.2, 0.25) is 0 Å². The standard InChI is InChI=1S/C10H13NO2/c1-8-3-2-4-9(5-8)6-11-10(13)7-12/h2-5,12H,6-7H2,1H3,(H,11,13). The summed E-state index contributed by atoms with van der Waals surface area (Å²) < 4.78 is 0. The summed E-state index contributed by atoms with van der Waals surface area (Å²) in [6, 6.07) is 7.87. The van der Waals surface area contributed by atoms with Gasteiger partial charge in [-0.15, -0.1) is 0 Å². The molecule has 0 spiro atoms. The van der Waals surface area contributed by atoms with Crippen molar-refractivity contribution in [2.45, 2.75) is 13.5 Å². The third-order valence-corrected chi connectivity index (χ3v) is 1.72. The monoisotopic (exact) mass is 179 g/mol. The number of aliphatic hydroxyl groups is 1. The van der Waals surface area contributed by atoms with Crippen LogP contribution in [0.1, 0.15) is 11.1 Å². The maximum Gasteiger partial charge on any atom is 0.245 e. The maximum atomic E-state index is 10.7. The average Bonchev–Trinajstić information content (AvgIpc) is 2.14. The summed E-state index contributed by atoms with van der Waals surface area (Å²) >= 11 is 0. The molecule has 0 aromatic heterocycles. The fourth-order valence-electron chi connectivity index (χ4n) is 1.08. The Kier molecular flexibility index (Phi) is 3.46. The van der Waals surface area contributed by atoms with Gasteiger partial charge in [-0.2, -0.15) is 0 Å². The van der Waals surface area contributed by atoms with Crippen LogP contribution in [0.5, 0.6) is 0 Å². The van der Waals surface area contributed by atoms with Crippen molar-refractivity contribution in [2.75, 3.05) is 6.61 Å². The van der Waals surface area contributed by atoms with E-state index in [0.29, 0.717) is 6.54 Å². The molecule has 0 bridgehead atoms. The van der Waals surface area contributed by atoms with Crippen LogP contribution in [-0.4, -0.2) is 17.6 Å². The van der Waals surface area contributed by atoms with Gasteiger partial charge in [-0.25, -0.2) is 0 Å². The van der Waals surface area contributed by atoms with E-state index in [2.05, 4.69) is 5.32 Å². The Hall–Kier alpha value is -1.35. The molecular weight excluding hydrogens is 166 g/mol. The van der Waals surface area contributed by atoms with Gasteiger partial charge in [0.2, 0.25) is 5.91 Å². The molecular formula is C10H13NO2. The SMILES string of the molecule is Cc1cccc(CNC(=O)CO)c1. The molecule has 0 aliphatic heterocycles. The number of hydrogen-bond donors (Lipinski definition) is 2. The van der Waals surface area contributed by atoms with Crippen LogP contribution in [0.25, 0.3) is 0 Å². The van der Waals surface area contributed by atoms with E-state index in [9.17, 15) is 4.79 Å². The van der Waals surface area contributed by atoms with Crippen LogP contribution in [0.4, 0.5) is 0 Å². The summed E-state index contributed by atoms with van der Waals surface area (Å²) in [5.74, 6) is -0.346. The van der Waals surface area contributed by atoms with Crippen LogP contribution in [0.3, 0.4) is 0 Å². The van der Waals surface area contributed by atoms with E-state index in [4.69, 9.17) is 5.11 Å². The first-order valence-electron chi connectivity index (χ1n) is 4.15. The molecule has 0 saturated heterocycles. The van der Waals surface area contributed by atoms with Crippen molar-refractivity contribution in [1.29, 1.82) is 0 Å². The van der Waals surface area contributed by atoms with Gasteiger partial charge in [0.25, 0.3) is 0 Å².